The smallest absolute Gasteiger partial charge is 0.251 e. The number of hydrogen-bond donors (Lipinski definition) is 1. The lowest BCUT2D eigenvalue weighted by Gasteiger charge is -2.35. The Labute approximate surface area is 206 Å². The van der Waals surface area contributed by atoms with E-state index in [1.165, 1.54) is 0 Å². The summed E-state index contributed by atoms with van der Waals surface area (Å²) in [5.74, 6) is 0. The molecule has 0 amide bonds. The highest BCUT2D eigenvalue weighted by atomic mass is 35.5. The van der Waals surface area contributed by atoms with Crippen LogP contribution in [0.2, 0.25) is 10.0 Å². The molecule has 1 N–H and O–H groups in total. The van der Waals surface area contributed by atoms with Gasteiger partial charge in [0.1, 0.15) is 5.54 Å². The van der Waals surface area contributed by atoms with E-state index in [0.29, 0.717) is 10.0 Å². The molecule has 0 saturated heterocycles. The van der Waals surface area contributed by atoms with E-state index >= 15 is 0 Å². The molecule has 0 saturated carbocycles. The predicted molar refractivity (Wildman–Crippen MR) is 137 cm³/mol. The van der Waals surface area contributed by atoms with Gasteiger partial charge in [0.05, 0.1) is 18.5 Å². The molecular weight excluding hydrogens is 469 g/mol. The summed E-state index contributed by atoms with van der Waals surface area (Å²) < 4.78 is 3.51. The number of halogens is 2. The molecule has 0 spiro atoms. The second kappa shape index (κ2) is 8.76. The third kappa shape index (κ3) is 3.62. The van der Waals surface area contributed by atoms with Crippen molar-refractivity contribution in [2.75, 3.05) is 6.61 Å². The Kier molecular flexibility index (Phi) is 5.78. The molecule has 1 unspecified atom stereocenters. The summed E-state index contributed by atoms with van der Waals surface area (Å²) in [6.45, 7) is -0.214. The number of imidazole rings is 1. The molecular formula is C27H21Cl2N3O2. The van der Waals surface area contributed by atoms with E-state index in [0.717, 1.165) is 33.2 Å². The SMILES string of the molecule is Cn1c(=O)cc(-c2cccc(Cl)c2)c2cc(C(CO)(c3ccc(Cl)cc3)n3ccnc3)ccc21. The fourth-order valence-corrected chi connectivity index (χ4v) is 4.87. The highest BCUT2D eigenvalue weighted by molar-refractivity contribution is 6.31. The highest BCUT2D eigenvalue weighted by Gasteiger charge is 2.36. The number of rotatable bonds is 5. The minimum atomic E-state index is -0.949. The molecule has 1 atom stereocenters. The van der Waals surface area contributed by atoms with E-state index in [1.807, 2.05) is 59.3 Å². The van der Waals surface area contributed by atoms with Gasteiger partial charge in [-0.3, -0.25) is 4.79 Å². The Hall–Kier alpha value is -3.38. The van der Waals surface area contributed by atoms with Crippen molar-refractivity contribution in [3.05, 3.63) is 123 Å². The molecule has 5 rings (SSSR count). The van der Waals surface area contributed by atoms with Gasteiger partial charge in [-0.25, -0.2) is 4.98 Å². The second-order valence-electron chi connectivity index (χ2n) is 8.19. The normalized spacial score (nSPS) is 13.2. The molecule has 0 aliphatic carbocycles. The maximum absolute atomic E-state index is 12.8. The average Bonchev–Trinajstić information content (AvgIpc) is 3.38. The zero-order valence-electron chi connectivity index (χ0n) is 18.3. The summed E-state index contributed by atoms with van der Waals surface area (Å²) in [5.41, 5.74) is 3.02. The zero-order chi connectivity index (χ0) is 23.9. The van der Waals surface area contributed by atoms with Crippen molar-refractivity contribution < 1.29 is 5.11 Å². The van der Waals surface area contributed by atoms with Crippen molar-refractivity contribution in [3.63, 3.8) is 0 Å². The zero-order valence-corrected chi connectivity index (χ0v) is 19.8. The number of benzene rings is 3. The van der Waals surface area contributed by atoms with E-state index in [2.05, 4.69) is 4.98 Å². The van der Waals surface area contributed by atoms with Gasteiger partial charge in [-0.2, -0.15) is 0 Å². The van der Waals surface area contributed by atoms with Crippen LogP contribution in [0, 0.1) is 0 Å². The minimum absolute atomic E-state index is 0.115. The van der Waals surface area contributed by atoms with Crippen molar-refractivity contribution >= 4 is 34.1 Å². The monoisotopic (exact) mass is 489 g/mol. The van der Waals surface area contributed by atoms with Crippen LogP contribution in [-0.4, -0.2) is 25.8 Å². The van der Waals surface area contributed by atoms with E-state index in [9.17, 15) is 9.90 Å². The molecule has 2 heterocycles. The lowest BCUT2D eigenvalue weighted by molar-refractivity contribution is 0.197. The molecule has 3 aromatic carbocycles. The standard InChI is InChI=1S/C27H21Cl2N3O2/c1-31-25-10-7-20(14-24(25)23(15-26(31)34)18-3-2-4-22(29)13-18)27(16-33,32-12-11-30-17-32)19-5-8-21(28)9-6-19/h2-15,17,33H,16H2,1H3. The van der Waals surface area contributed by atoms with Gasteiger partial charge < -0.3 is 14.2 Å². The number of nitrogens with zero attached hydrogens (tertiary/aromatic N) is 3. The van der Waals surface area contributed by atoms with E-state index in [1.54, 1.807) is 48.4 Å². The van der Waals surface area contributed by atoms with Crippen LogP contribution in [0.15, 0.2) is 96.3 Å². The molecule has 0 fully saturated rings. The van der Waals surface area contributed by atoms with Crippen molar-refractivity contribution in [3.8, 4) is 11.1 Å². The first kappa shape index (κ1) is 22.4. The van der Waals surface area contributed by atoms with Crippen LogP contribution in [0.1, 0.15) is 11.1 Å². The van der Waals surface area contributed by atoms with Crippen LogP contribution in [0.25, 0.3) is 22.0 Å². The van der Waals surface area contributed by atoms with Gasteiger partial charge in [-0.05, 0) is 58.7 Å². The molecule has 170 valence electrons. The topological polar surface area (TPSA) is 60.1 Å². The molecule has 2 aromatic heterocycles. The maximum atomic E-state index is 12.8. The van der Waals surface area contributed by atoms with Gasteiger partial charge in [0, 0.05) is 40.9 Å². The first-order valence-corrected chi connectivity index (χ1v) is 11.5. The van der Waals surface area contributed by atoms with Gasteiger partial charge in [-0.15, -0.1) is 0 Å². The van der Waals surface area contributed by atoms with Gasteiger partial charge >= 0.3 is 0 Å². The van der Waals surface area contributed by atoms with Crippen molar-refractivity contribution in [1.29, 1.82) is 0 Å². The Bertz CT molecular complexity index is 1540. The van der Waals surface area contributed by atoms with Crippen LogP contribution in [0.4, 0.5) is 0 Å². The van der Waals surface area contributed by atoms with Gasteiger partial charge in [0.15, 0.2) is 0 Å². The molecule has 5 nitrogen and oxygen atoms in total. The van der Waals surface area contributed by atoms with E-state index < -0.39 is 5.54 Å². The minimum Gasteiger partial charge on any atom is -0.393 e. The van der Waals surface area contributed by atoms with Gasteiger partial charge in [0.2, 0.25) is 0 Å². The van der Waals surface area contributed by atoms with Crippen molar-refractivity contribution in [1.82, 2.24) is 14.1 Å². The quantitative estimate of drug-likeness (QED) is 0.354. The number of aryl methyl sites for hydroxylation is 1. The summed E-state index contributed by atoms with van der Waals surface area (Å²) >= 11 is 12.4. The highest BCUT2D eigenvalue weighted by Crippen LogP contribution is 2.38. The molecule has 0 bridgehead atoms. The number of hydrogen-bond acceptors (Lipinski definition) is 3. The number of aromatic nitrogens is 3. The number of pyridine rings is 1. The number of fused-ring (bicyclic) bond motifs is 1. The third-order valence-corrected chi connectivity index (χ3v) is 6.84. The fourth-order valence-electron chi connectivity index (χ4n) is 4.55. The van der Waals surface area contributed by atoms with E-state index in [4.69, 9.17) is 23.2 Å². The van der Waals surface area contributed by atoms with Crippen LogP contribution >= 0.6 is 23.2 Å². The summed E-state index contributed by atoms with van der Waals surface area (Å²) in [5, 5.41) is 12.9. The molecule has 5 aromatic rings. The molecule has 7 heteroatoms. The summed E-state index contributed by atoms with van der Waals surface area (Å²) in [7, 11) is 1.75. The third-order valence-electron chi connectivity index (χ3n) is 6.36. The first-order valence-electron chi connectivity index (χ1n) is 10.7. The number of aliphatic hydroxyl groups excluding tert-OH is 1. The summed E-state index contributed by atoms with van der Waals surface area (Å²) in [6, 6.07) is 22.4. The molecule has 34 heavy (non-hydrogen) atoms. The lowest BCUT2D eigenvalue weighted by Crippen LogP contribution is -2.39. The van der Waals surface area contributed by atoms with Crippen LogP contribution in [-0.2, 0) is 12.6 Å². The second-order valence-corrected chi connectivity index (χ2v) is 9.07. The Balaban J connectivity index is 1.85. The summed E-state index contributed by atoms with van der Waals surface area (Å²) in [6.07, 6.45) is 5.20. The lowest BCUT2D eigenvalue weighted by atomic mass is 9.82. The molecule has 0 aliphatic heterocycles. The molecule has 0 radical (unpaired) electrons. The fraction of sp³-hybridized carbons (Fsp3) is 0.111. The van der Waals surface area contributed by atoms with Crippen molar-refractivity contribution in [2.45, 2.75) is 5.54 Å². The number of aliphatic hydroxyl groups is 1. The maximum Gasteiger partial charge on any atom is 0.251 e. The van der Waals surface area contributed by atoms with E-state index in [-0.39, 0.29) is 12.2 Å². The largest absolute Gasteiger partial charge is 0.393 e. The Morgan fingerprint density at radius 1 is 0.941 bits per heavy atom. The van der Waals surface area contributed by atoms with Crippen LogP contribution in [0.5, 0.6) is 0 Å². The Morgan fingerprint density at radius 2 is 1.71 bits per heavy atom. The van der Waals surface area contributed by atoms with Crippen LogP contribution in [0.3, 0.4) is 0 Å². The summed E-state index contributed by atoms with van der Waals surface area (Å²) in [4.78, 5) is 17.0. The predicted octanol–water partition coefficient (Wildman–Crippen LogP) is 5.49. The van der Waals surface area contributed by atoms with Gasteiger partial charge in [0.25, 0.3) is 5.56 Å². The van der Waals surface area contributed by atoms with Gasteiger partial charge in [-0.1, -0.05) is 53.5 Å². The Morgan fingerprint density at radius 3 is 2.38 bits per heavy atom. The van der Waals surface area contributed by atoms with Crippen molar-refractivity contribution in [2.24, 2.45) is 7.05 Å². The van der Waals surface area contributed by atoms with Crippen LogP contribution < -0.4 is 5.56 Å². The molecule has 0 aliphatic rings. The average molecular weight is 490 g/mol. The first-order chi connectivity index (χ1) is 16.4.